The van der Waals surface area contributed by atoms with Gasteiger partial charge in [0, 0.05) is 47.5 Å². The van der Waals surface area contributed by atoms with Gasteiger partial charge in [0.1, 0.15) is 6.54 Å². The summed E-state index contributed by atoms with van der Waals surface area (Å²) in [5.74, 6) is -1.29. The molecule has 2 atom stereocenters. The lowest BCUT2D eigenvalue weighted by molar-refractivity contribution is -0.438. The number of carbonyl (C=O) groups is 1. The van der Waals surface area contributed by atoms with E-state index in [1.165, 1.54) is 0 Å². The van der Waals surface area contributed by atoms with Crippen LogP contribution in [0.1, 0.15) is 77.7 Å². The maximum absolute atomic E-state index is 11.6. The van der Waals surface area contributed by atoms with Gasteiger partial charge in [0.05, 0.1) is 29.3 Å². The molecule has 0 radical (unpaired) electrons. The van der Waals surface area contributed by atoms with E-state index in [0.29, 0.717) is 50.3 Å². The molecule has 0 saturated carbocycles. The first kappa shape index (κ1) is 40.5. The average Bonchev–Trinajstić information content (AvgIpc) is 3.35. The molecule has 2 heterocycles. The van der Waals surface area contributed by atoms with Gasteiger partial charge >= 0.3 is 0 Å². The molecule has 2 aliphatic rings. The summed E-state index contributed by atoms with van der Waals surface area (Å²) >= 11 is 0. The molecule has 0 saturated heterocycles. The van der Waals surface area contributed by atoms with E-state index >= 15 is 0 Å². The summed E-state index contributed by atoms with van der Waals surface area (Å²) in [6, 6.07) is 7.86. The van der Waals surface area contributed by atoms with Gasteiger partial charge in [0.25, 0.3) is 36.8 Å². The monoisotopic (exact) mass is 746 g/mol. The predicted molar refractivity (Wildman–Crippen MR) is 187 cm³/mol. The van der Waals surface area contributed by atoms with Crippen molar-refractivity contribution in [2.75, 3.05) is 37.0 Å². The van der Waals surface area contributed by atoms with E-state index in [4.69, 9.17) is 4.74 Å². The second-order valence-electron chi connectivity index (χ2n) is 12.9. The highest BCUT2D eigenvalue weighted by Crippen LogP contribution is 2.44. The van der Waals surface area contributed by atoms with Crippen molar-refractivity contribution in [3.05, 3.63) is 53.8 Å². The number of hydrogen-bond acceptors (Lipinski definition) is 10. The third-order valence-corrected chi connectivity index (χ3v) is 11.6. The Labute approximate surface area is 289 Å². The van der Waals surface area contributed by atoms with E-state index in [1.54, 1.807) is 11.9 Å². The summed E-state index contributed by atoms with van der Waals surface area (Å²) in [7, 11) is -12.6. The molecule has 2 aliphatic heterocycles. The standard InChI is InChI=1S/C32H47N3O11S3/c1-26-31(2,17-10-22-47(37,38)39)30(35(33-26)20-12-24-49(43,44)45)16-9-15-29-32(3,18-11-23-48(40,41)42)27-13-5-6-14-28(27)34(29)19-7-4-8-21-46-25-36/h5-6,9,13-16,25H,4,7-8,10-12,17-24H2,1-3H3,(H2-,37,38,39,40,41,42,43,44,45)/p+1. The number of nitrogens with zero attached hydrogens (tertiary/aromatic N) is 3. The van der Waals surface area contributed by atoms with Gasteiger partial charge < -0.3 is 4.74 Å². The van der Waals surface area contributed by atoms with Crippen molar-refractivity contribution in [1.82, 2.24) is 5.01 Å². The van der Waals surface area contributed by atoms with Crippen molar-refractivity contribution < 1.29 is 53.0 Å². The first-order valence-electron chi connectivity index (χ1n) is 16.2. The minimum Gasteiger partial charge on any atom is -0.468 e. The zero-order valence-electron chi connectivity index (χ0n) is 28.2. The molecule has 49 heavy (non-hydrogen) atoms. The van der Waals surface area contributed by atoms with E-state index < -0.39 is 52.7 Å². The minimum absolute atomic E-state index is 0.0853. The van der Waals surface area contributed by atoms with Crippen molar-refractivity contribution >= 4 is 53.9 Å². The molecule has 0 aromatic heterocycles. The van der Waals surface area contributed by atoms with Crippen LogP contribution in [0.25, 0.3) is 0 Å². The second-order valence-corrected chi connectivity index (χ2v) is 17.6. The molecular weight excluding hydrogens is 699 g/mol. The molecule has 0 amide bonds. The molecular formula is C32H48N3O11S3+. The Balaban J connectivity index is 2.05. The van der Waals surface area contributed by atoms with Crippen LogP contribution >= 0.6 is 0 Å². The SMILES string of the molecule is CC1=NN(CCCS(=O)(=O)O)/C(=C\C=C\C2=[N+](CCCCCOC=O)c3ccccc3C2(C)CCCS(=O)(=O)O)C1(C)CCCS(=O)(=O)O. The number of hydrogen-bond donors (Lipinski definition) is 3. The summed E-state index contributed by atoms with van der Waals surface area (Å²) < 4.78 is 104. The van der Waals surface area contributed by atoms with Crippen LogP contribution in [0.2, 0.25) is 0 Å². The fourth-order valence-corrected chi connectivity index (χ4v) is 8.12. The van der Waals surface area contributed by atoms with Gasteiger partial charge in [-0.2, -0.15) is 34.9 Å². The molecule has 14 nitrogen and oxygen atoms in total. The highest BCUT2D eigenvalue weighted by Gasteiger charge is 2.47. The van der Waals surface area contributed by atoms with E-state index in [1.807, 2.05) is 56.3 Å². The lowest BCUT2D eigenvalue weighted by Gasteiger charge is -2.29. The summed E-state index contributed by atoms with van der Waals surface area (Å²) in [5, 5.41) is 6.30. The Morgan fingerprint density at radius 3 is 2.04 bits per heavy atom. The smallest absolute Gasteiger partial charge is 0.293 e. The number of fused-ring (bicyclic) bond motifs is 1. The van der Waals surface area contributed by atoms with Crippen molar-refractivity contribution in [3.8, 4) is 0 Å². The van der Waals surface area contributed by atoms with Crippen LogP contribution in [0, 0.1) is 5.41 Å². The highest BCUT2D eigenvalue weighted by atomic mass is 32.2. The number of rotatable bonds is 21. The Bertz CT molecular complexity index is 1800. The number of para-hydroxylation sites is 1. The maximum atomic E-state index is 11.6. The molecule has 0 bridgehead atoms. The quantitative estimate of drug-likeness (QED) is 0.0702. The van der Waals surface area contributed by atoms with Crippen LogP contribution in [-0.4, -0.2) is 103 Å². The van der Waals surface area contributed by atoms with Crippen molar-refractivity contribution in [2.24, 2.45) is 10.5 Å². The zero-order valence-corrected chi connectivity index (χ0v) is 30.6. The number of benzene rings is 1. The fourth-order valence-electron chi connectivity index (χ4n) is 6.61. The molecule has 1 aromatic carbocycles. The van der Waals surface area contributed by atoms with Crippen molar-refractivity contribution in [2.45, 2.75) is 77.6 Å². The average molecular weight is 747 g/mol. The topological polar surface area (TPSA) is 208 Å². The van der Waals surface area contributed by atoms with Crippen LogP contribution < -0.4 is 0 Å². The minimum atomic E-state index is -4.20. The summed E-state index contributed by atoms with van der Waals surface area (Å²) in [6.07, 6.45) is 9.07. The van der Waals surface area contributed by atoms with E-state index in [2.05, 4.69) is 9.68 Å². The van der Waals surface area contributed by atoms with E-state index in [9.17, 15) is 43.7 Å². The number of unbranched alkanes of at least 4 members (excludes halogenated alkanes) is 2. The van der Waals surface area contributed by atoms with Crippen molar-refractivity contribution in [3.63, 3.8) is 0 Å². The first-order valence-corrected chi connectivity index (χ1v) is 21.0. The lowest BCUT2D eigenvalue weighted by atomic mass is 9.75. The Hall–Kier alpha value is -2.96. The molecule has 0 fully saturated rings. The normalized spacial score (nSPS) is 22.3. The van der Waals surface area contributed by atoms with Crippen LogP contribution in [0.4, 0.5) is 5.69 Å². The number of allylic oxidation sites excluding steroid dienone is 4. The van der Waals surface area contributed by atoms with E-state index in [-0.39, 0.29) is 31.6 Å². The van der Waals surface area contributed by atoms with Crippen LogP contribution in [0.3, 0.4) is 0 Å². The van der Waals surface area contributed by atoms with Gasteiger partial charge in [-0.3, -0.25) is 23.5 Å². The molecule has 0 aliphatic carbocycles. The molecule has 0 spiro atoms. The van der Waals surface area contributed by atoms with Gasteiger partial charge in [-0.15, -0.1) is 0 Å². The predicted octanol–water partition coefficient (Wildman–Crippen LogP) is 4.14. The molecule has 3 rings (SSSR count). The van der Waals surface area contributed by atoms with Gasteiger partial charge in [0.2, 0.25) is 5.69 Å². The van der Waals surface area contributed by atoms with Gasteiger partial charge in [0.15, 0.2) is 5.71 Å². The number of ether oxygens (including phenoxy) is 1. The lowest BCUT2D eigenvalue weighted by Crippen LogP contribution is -2.32. The summed E-state index contributed by atoms with van der Waals surface area (Å²) in [4.78, 5) is 10.5. The number of carbonyl (C=O) groups excluding carboxylic acids is 1. The fraction of sp³-hybridized carbons (Fsp3) is 0.594. The van der Waals surface area contributed by atoms with E-state index in [0.717, 1.165) is 29.8 Å². The highest BCUT2D eigenvalue weighted by molar-refractivity contribution is 7.86. The van der Waals surface area contributed by atoms with Crippen LogP contribution in [-0.2, 0) is 45.3 Å². The Morgan fingerprint density at radius 1 is 0.837 bits per heavy atom. The Morgan fingerprint density at radius 2 is 1.43 bits per heavy atom. The largest absolute Gasteiger partial charge is 0.468 e. The first-order chi connectivity index (χ1) is 22.8. The third-order valence-electron chi connectivity index (χ3n) is 9.21. The van der Waals surface area contributed by atoms with Gasteiger partial charge in [-0.05, 0) is 71.8 Å². The second kappa shape index (κ2) is 16.8. The maximum Gasteiger partial charge on any atom is 0.293 e. The summed E-state index contributed by atoms with van der Waals surface area (Å²) in [6.45, 7) is 7.26. The zero-order chi connectivity index (χ0) is 36.5. The van der Waals surface area contributed by atoms with Crippen molar-refractivity contribution in [1.29, 1.82) is 0 Å². The molecule has 3 N–H and O–H groups in total. The molecule has 1 aromatic rings. The molecule has 274 valence electrons. The van der Waals surface area contributed by atoms with Gasteiger partial charge in [-0.25, -0.2) is 0 Å². The number of hydrazone groups is 1. The third kappa shape index (κ3) is 11.5. The molecule has 17 heteroatoms. The van der Waals surface area contributed by atoms with Crippen LogP contribution in [0.15, 0.2) is 53.3 Å². The molecule has 2 unspecified atom stereocenters. The van der Waals surface area contributed by atoms with Crippen LogP contribution in [0.5, 0.6) is 0 Å². The Kier molecular flexibility index (Phi) is 13.9. The summed E-state index contributed by atoms with van der Waals surface area (Å²) in [5.41, 5.74) is 2.83. The van der Waals surface area contributed by atoms with Gasteiger partial charge in [-0.1, -0.05) is 24.3 Å².